The van der Waals surface area contributed by atoms with Crippen molar-refractivity contribution in [1.29, 1.82) is 0 Å². The van der Waals surface area contributed by atoms with Crippen LogP contribution in [0.1, 0.15) is 22.8 Å². The Morgan fingerprint density at radius 1 is 0.912 bits per heavy atom. The Balaban J connectivity index is 1.80. The van der Waals surface area contributed by atoms with Crippen LogP contribution < -0.4 is 34.6 Å². The number of nitrogens with one attached hydrogen (secondary N) is 1. The second-order valence-electron chi connectivity index (χ2n) is 7.61. The van der Waals surface area contributed by atoms with E-state index in [1.807, 2.05) is 0 Å². The zero-order chi connectivity index (χ0) is 24.4. The first-order valence-electron chi connectivity index (χ1n) is 10.5. The van der Waals surface area contributed by atoms with Gasteiger partial charge in [0.15, 0.2) is 17.6 Å². The fraction of sp³-hybridized carbons (Fsp3) is 0.280. The number of hydrogen-bond acceptors (Lipinski definition) is 8. The average molecular weight is 467 g/mol. The lowest BCUT2D eigenvalue weighted by Gasteiger charge is -2.21. The monoisotopic (exact) mass is 467 g/mol. The molecule has 0 fully saturated rings. The Kier molecular flexibility index (Phi) is 6.36. The molecule has 2 unspecified atom stereocenters. The number of rotatable bonds is 7. The molecule has 3 aromatic rings. The molecule has 0 spiro atoms. The Bertz CT molecular complexity index is 1240. The molecule has 1 amide bonds. The van der Waals surface area contributed by atoms with E-state index in [-0.39, 0.29) is 5.56 Å². The minimum absolute atomic E-state index is 0.245. The molecule has 9 nitrogen and oxygen atoms in total. The molecule has 4 rings (SSSR count). The number of amides is 1. The molecule has 2 aromatic carbocycles. The van der Waals surface area contributed by atoms with Crippen LogP contribution in [0.3, 0.4) is 0 Å². The summed E-state index contributed by atoms with van der Waals surface area (Å²) in [6.45, 7) is 1.64. The standard InChI is InChI=1S/C25H25NO8/c1-13-10-17-21(25(28)33-13)20(14-11-18(30-3)22(32-5)19(12-14)31-4)23(34-17)24(27)26-15-6-8-16(29-2)9-7-15/h6-12,20,23H,1-5H3,(H,26,27). The highest BCUT2D eigenvalue weighted by atomic mass is 16.5. The van der Waals surface area contributed by atoms with Gasteiger partial charge in [-0.05, 0) is 48.9 Å². The van der Waals surface area contributed by atoms with Crippen LogP contribution in [0.25, 0.3) is 0 Å². The number of benzene rings is 2. The van der Waals surface area contributed by atoms with E-state index in [2.05, 4.69) is 5.32 Å². The van der Waals surface area contributed by atoms with E-state index in [0.717, 1.165) is 0 Å². The molecule has 1 aliphatic heterocycles. The molecule has 0 aliphatic carbocycles. The van der Waals surface area contributed by atoms with Gasteiger partial charge < -0.3 is 33.4 Å². The molecule has 1 aromatic heterocycles. The fourth-order valence-electron chi connectivity index (χ4n) is 4.04. The van der Waals surface area contributed by atoms with Gasteiger partial charge in [0.2, 0.25) is 5.75 Å². The van der Waals surface area contributed by atoms with Crippen molar-refractivity contribution >= 4 is 11.6 Å². The summed E-state index contributed by atoms with van der Waals surface area (Å²) < 4.78 is 32.8. The molecular weight excluding hydrogens is 442 g/mol. The fourth-order valence-corrected chi connectivity index (χ4v) is 4.04. The minimum Gasteiger partial charge on any atom is -0.497 e. The Labute approximate surface area is 196 Å². The van der Waals surface area contributed by atoms with E-state index in [0.29, 0.717) is 45.8 Å². The van der Waals surface area contributed by atoms with Crippen LogP contribution in [0.15, 0.2) is 51.7 Å². The highest BCUT2D eigenvalue weighted by Gasteiger charge is 2.44. The Morgan fingerprint density at radius 3 is 2.12 bits per heavy atom. The lowest BCUT2D eigenvalue weighted by molar-refractivity contribution is -0.122. The normalized spacial score (nSPS) is 16.3. The van der Waals surface area contributed by atoms with Crippen molar-refractivity contribution in [2.75, 3.05) is 33.8 Å². The number of ether oxygens (including phenoxy) is 5. The van der Waals surface area contributed by atoms with Crippen LogP contribution in [0.4, 0.5) is 5.69 Å². The summed E-state index contributed by atoms with van der Waals surface area (Å²) in [5, 5.41) is 2.84. The van der Waals surface area contributed by atoms with Gasteiger partial charge >= 0.3 is 5.63 Å². The summed E-state index contributed by atoms with van der Waals surface area (Å²) in [5.74, 6) is 1.28. The highest BCUT2D eigenvalue weighted by Crippen LogP contribution is 2.46. The molecule has 34 heavy (non-hydrogen) atoms. The Morgan fingerprint density at radius 2 is 1.56 bits per heavy atom. The van der Waals surface area contributed by atoms with E-state index in [9.17, 15) is 9.59 Å². The lowest BCUT2D eigenvalue weighted by Crippen LogP contribution is -2.35. The van der Waals surface area contributed by atoms with Crippen LogP contribution in [-0.4, -0.2) is 40.5 Å². The molecule has 2 heterocycles. The minimum atomic E-state index is -1.05. The van der Waals surface area contributed by atoms with Gasteiger partial charge in [0, 0.05) is 11.8 Å². The molecule has 2 atom stereocenters. The highest BCUT2D eigenvalue weighted by molar-refractivity contribution is 5.96. The molecule has 0 radical (unpaired) electrons. The molecule has 0 saturated heterocycles. The van der Waals surface area contributed by atoms with Crippen LogP contribution in [0, 0.1) is 6.92 Å². The van der Waals surface area contributed by atoms with Gasteiger partial charge in [-0.3, -0.25) is 4.79 Å². The molecule has 0 bridgehead atoms. The lowest BCUT2D eigenvalue weighted by atomic mass is 9.88. The first-order valence-corrected chi connectivity index (χ1v) is 10.5. The number of hydrogen-bond donors (Lipinski definition) is 1. The molecular formula is C25H25NO8. The zero-order valence-electron chi connectivity index (χ0n) is 19.5. The number of anilines is 1. The summed E-state index contributed by atoms with van der Waals surface area (Å²) in [6.07, 6.45) is -1.05. The molecule has 0 saturated carbocycles. The number of methoxy groups -OCH3 is 4. The van der Waals surface area contributed by atoms with Crippen LogP contribution in [0.2, 0.25) is 0 Å². The number of aryl methyl sites for hydroxylation is 1. The SMILES string of the molecule is COc1ccc(NC(=O)C2Oc3cc(C)oc(=O)c3C2c2cc(OC)c(OC)c(OC)c2)cc1. The van der Waals surface area contributed by atoms with E-state index in [4.69, 9.17) is 28.1 Å². The topological polar surface area (TPSA) is 105 Å². The van der Waals surface area contributed by atoms with Gasteiger partial charge in [0.1, 0.15) is 17.3 Å². The second kappa shape index (κ2) is 9.38. The third kappa shape index (κ3) is 4.12. The third-order valence-electron chi connectivity index (χ3n) is 5.60. The molecule has 178 valence electrons. The van der Waals surface area contributed by atoms with Gasteiger partial charge in [0.25, 0.3) is 5.91 Å². The summed E-state index contributed by atoms with van der Waals surface area (Å²) in [6, 6.07) is 11.9. The predicted octanol–water partition coefficient (Wildman–Crippen LogP) is 3.51. The van der Waals surface area contributed by atoms with Crippen molar-refractivity contribution in [3.05, 3.63) is 69.8 Å². The van der Waals surface area contributed by atoms with Gasteiger partial charge in [-0.2, -0.15) is 0 Å². The maximum atomic E-state index is 13.4. The Hall–Kier alpha value is -4.14. The van der Waals surface area contributed by atoms with Crippen molar-refractivity contribution in [1.82, 2.24) is 0 Å². The van der Waals surface area contributed by atoms with E-state index in [1.54, 1.807) is 56.5 Å². The quantitative estimate of drug-likeness (QED) is 0.563. The largest absolute Gasteiger partial charge is 0.497 e. The maximum absolute atomic E-state index is 13.4. The van der Waals surface area contributed by atoms with Crippen LogP contribution in [-0.2, 0) is 4.79 Å². The van der Waals surface area contributed by atoms with Gasteiger partial charge in [-0.1, -0.05) is 0 Å². The van der Waals surface area contributed by atoms with E-state index in [1.165, 1.54) is 21.3 Å². The zero-order valence-corrected chi connectivity index (χ0v) is 19.5. The van der Waals surface area contributed by atoms with Crippen molar-refractivity contribution in [2.45, 2.75) is 18.9 Å². The summed E-state index contributed by atoms with van der Waals surface area (Å²) in [7, 11) is 6.04. The van der Waals surface area contributed by atoms with Crippen molar-refractivity contribution in [3.8, 4) is 28.7 Å². The van der Waals surface area contributed by atoms with Gasteiger partial charge in [-0.25, -0.2) is 4.79 Å². The van der Waals surface area contributed by atoms with Crippen molar-refractivity contribution < 1.29 is 32.9 Å². The average Bonchev–Trinajstić information content (AvgIpc) is 3.23. The number of fused-ring (bicyclic) bond motifs is 1. The first-order chi connectivity index (χ1) is 16.4. The van der Waals surface area contributed by atoms with Crippen LogP contribution >= 0.6 is 0 Å². The maximum Gasteiger partial charge on any atom is 0.343 e. The number of carbonyl (C=O) groups is 1. The molecule has 1 aliphatic rings. The third-order valence-corrected chi connectivity index (χ3v) is 5.60. The second-order valence-corrected chi connectivity index (χ2v) is 7.61. The smallest absolute Gasteiger partial charge is 0.343 e. The molecule has 9 heteroatoms. The van der Waals surface area contributed by atoms with Gasteiger partial charge in [0.05, 0.1) is 39.9 Å². The molecule has 1 N–H and O–H groups in total. The van der Waals surface area contributed by atoms with E-state index >= 15 is 0 Å². The van der Waals surface area contributed by atoms with Crippen molar-refractivity contribution in [2.24, 2.45) is 0 Å². The van der Waals surface area contributed by atoms with Gasteiger partial charge in [-0.15, -0.1) is 0 Å². The van der Waals surface area contributed by atoms with E-state index < -0.39 is 23.6 Å². The number of carbonyl (C=O) groups excluding carboxylic acids is 1. The summed E-state index contributed by atoms with van der Waals surface area (Å²) in [5.41, 5.74) is 0.791. The van der Waals surface area contributed by atoms with Crippen molar-refractivity contribution in [3.63, 3.8) is 0 Å². The summed E-state index contributed by atoms with van der Waals surface area (Å²) in [4.78, 5) is 26.2. The predicted molar refractivity (Wildman–Crippen MR) is 124 cm³/mol. The van der Waals surface area contributed by atoms with Crippen LogP contribution in [0.5, 0.6) is 28.7 Å². The summed E-state index contributed by atoms with van der Waals surface area (Å²) >= 11 is 0. The first kappa shape index (κ1) is 23.0.